The maximum absolute atomic E-state index is 12.4. The molecule has 1 heterocycles. The number of nitrogens with zero attached hydrogens (tertiary/aromatic N) is 1. The second-order valence-corrected chi connectivity index (χ2v) is 6.11. The summed E-state index contributed by atoms with van der Waals surface area (Å²) in [7, 11) is 1.60. The van der Waals surface area contributed by atoms with Gasteiger partial charge in [0.05, 0.1) is 7.11 Å². The van der Waals surface area contributed by atoms with E-state index in [-0.39, 0.29) is 23.2 Å². The average Bonchev–Trinajstić information content (AvgIpc) is 2.77. The molecule has 6 heteroatoms. The largest absolute Gasteiger partial charge is 0.497 e. The maximum atomic E-state index is 12.4. The highest BCUT2D eigenvalue weighted by Crippen LogP contribution is 2.11. The number of hydrogen-bond acceptors (Lipinski definition) is 4. The predicted molar refractivity (Wildman–Crippen MR) is 106 cm³/mol. The molecule has 2 N–H and O–H groups in total. The van der Waals surface area contributed by atoms with Gasteiger partial charge in [0.15, 0.2) is 0 Å². The number of aromatic nitrogens is 1. The van der Waals surface area contributed by atoms with Gasteiger partial charge < -0.3 is 15.4 Å². The number of carbonyl (C=O) groups is 2. The first-order chi connectivity index (χ1) is 13.7. The molecule has 0 unspecified atom stereocenters. The number of pyridine rings is 1. The van der Waals surface area contributed by atoms with Crippen LogP contribution >= 0.6 is 0 Å². The van der Waals surface area contributed by atoms with Crippen molar-refractivity contribution in [1.29, 1.82) is 0 Å². The van der Waals surface area contributed by atoms with Gasteiger partial charge in [-0.05, 0) is 35.4 Å². The molecule has 2 amide bonds. The topological polar surface area (TPSA) is 80.3 Å². The molecule has 28 heavy (non-hydrogen) atoms. The molecule has 3 aromatic rings. The Kier molecular flexibility index (Phi) is 6.36. The highest BCUT2D eigenvalue weighted by Gasteiger charge is 2.12. The predicted octanol–water partition coefficient (Wildman–Crippen LogP) is 2.95. The van der Waals surface area contributed by atoms with Crippen LogP contribution in [0, 0.1) is 0 Å². The van der Waals surface area contributed by atoms with Crippen LogP contribution in [0.1, 0.15) is 32.1 Å². The third-order valence-corrected chi connectivity index (χ3v) is 4.12. The van der Waals surface area contributed by atoms with Crippen molar-refractivity contribution in [2.75, 3.05) is 7.11 Å². The summed E-state index contributed by atoms with van der Waals surface area (Å²) in [5, 5.41) is 5.61. The molecular weight excluding hydrogens is 354 g/mol. The van der Waals surface area contributed by atoms with E-state index >= 15 is 0 Å². The number of carbonyl (C=O) groups excluding carboxylic acids is 2. The molecule has 0 bridgehead atoms. The van der Waals surface area contributed by atoms with Gasteiger partial charge in [0, 0.05) is 13.1 Å². The Morgan fingerprint density at radius 1 is 0.750 bits per heavy atom. The van der Waals surface area contributed by atoms with E-state index in [0.29, 0.717) is 13.1 Å². The molecule has 6 nitrogen and oxygen atoms in total. The van der Waals surface area contributed by atoms with Gasteiger partial charge in [0.1, 0.15) is 17.1 Å². The van der Waals surface area contributed by atoms with E-state index in [1.54, 1.807) is 25.3 Å². The highest BCUT2D eigenvalue weighted by atomic mass is 16.5. The summed E-state index contributed by atoms with van der Waals surface area (Å²) >= 11 is 0. The van der Waals surface area contributed by atoms with Crippen molar-refractivity contribution in [2.24, 2.45) is 0 Å². The number of nitrogens with one attached hydrogen (secondary N) is 2. The number of ether oxygens (including phenoxy) is 1. The van der Waals surface area contributed by atoms with Gasteiger partial charge in [0.2, 0.25) is 0 Å². The summed E-state index contributed by atoms with van der Waals surface area (Å²) in [4.78, 5) is 28.9. The normalized spacial score (nSPS) is 10.2. The Hall–Kier alpha value is -3.67. The Bertz CT molecular complexity index is 941. The Labute approximate surface area is 163 Å². The van der Waals surface area contributed by atoms with Crippen molar-refractivity contribution in [1.82, 2.24) is 15.6 Å². The molecule has 0 radical (unpaired) electrons. The molecule has 142 valence electrons. The molecule has 0 aliphatic carbocycles. The molecule has 0 aliphatic rings. The second kappa shape index (κ2) is 9.32. The van der Waals surface area contributed by atoms with Gasteiger partial charge in [-0.15, -0.1) is 0 Å². The molecule has 0 saturated heterocycles. The Balaban J connectivity index is 1.58. The van der Waals surface area contributed by atoms with Crippen LogP contribution in [0.4, 0.5) is 0 Å². The molecule has 0 fully saturated rings. The third kappa shape index (κ3) is 5.17. The summed E-state index contributed by atoms with van der Waals surface area (Å²) in [6.45, 7) is 0.754. The van der Waals surface area contributed by atoms with Crippen molar-refractivity contribution >= 4 is 11.8 Å². The second-order valence-electron chi connectivity index (χ2n) is 6.11. The minimum atomic E-state index is -0.339. The van der Waals surface area contributed by atoms with Crippen molar-refractivity contribution in [3.8, 4) is 5.75 Å². The van der Waals surface area contributed by atoms with Crippen LogP contribution in [0.3, 0.4) is 0 Å². The van der Waals surface area contributed by atoms with Gasteiger partial charge in [-0.2, -0.15) is 0 Å². The van der Waals surface area contributed by atoms with Crippen LogP contribution in [0.5, 0.6) is 5.75 Å². The van der Waals surface area contributed by atoms with Crippen LogP contribution < -0.4 is 15.4 Å². The van der Waals surface area contributed by atoms with E-state index in [2.05, 4.69) is 15.6 Å². The molecule has 0 saturated carbocycles. The van der Waals surface area contributed by atoms with Crippen molar-refractivity contribution < 1.29 is 14.3 Å². The Morgan fingerprint density at radius 3 is 1.82 bits per heavy atom. The van der Waals surface area contributed by atoms with E-state index in [1.807, 2.05) is 54.6 Å². The van der Waals surface area contributed by atoms with Gasteiger partial charge in [-0.1, -0.05) is 48.5 Å². The summed E-state index contributed by atoms with van der Waals surface area (Å²) < 4.78 is 5.11. The standard InChI is InChI=1S/C22H21N3O3/c1-28-18-12-10-17(11-13-18)15-24-22(27)20-9-5-8-19(25-20)21(26)23-14-16-6-3-2-4-7-16/h2-13H,14-15H2,1H3,(H,23,26)(H,24,27). The number of benzene rings is 2. The SMILES string of the molecule is COc1ccc(CNC(=O)c2cccc(C(=O)NCc3ccccc3)n2)cc1. The van der Waals surface area contributed by atoms with E-state index < -0.39 is 0 Å². The lowest BCUT2D eigenvalue weighted by atomic mass is 10.2. The molecule has 0 aliphatic heterocycles. The summed E-state index contributed by atoms with van der Waals surface area (Å²) in [5.74, 6) is 0.0909. The van der Waals surface area contributed by atoms with Crippen LogP contribution in [-0.2, 0) is 13.1 Å². The lowest BCUT2D eigenvalue weighted by Gasteiger charge is -2.08. The van der Waals surface area contributed by atoms with Crippen molar-refractivity contribution in [2.45, 2.75) is 13.1 Å². The number of hydrogen-bond donors (Lipinski definition) is 2. The first kappa shape index (κ1) is 19.1. The van der Waals surface area contributed by atoms with Crippen LogP contribution in [-0.4, -0.2) is 23.9 Å². The average molecular weight is 375 g/mol. The smallest absolute Gasteiger partial charge is 0.270 e. The van der Waals surface area contributed by atoms with E-state index in [1.165, 1.54) is 0 Å². The number of methoxy groups -OCH3 is 1. The summed E-state index contributed by atoms with van der Waals surface area (Å²) in [6.07, 6.45) is 0. The molecule has 1 aromatic heterocycles. The van der Waals surface area contributed by atoms with Crippen LogP contribution in [0.25, 0.3) is 0 Å². The van der Waals surface area contributed by atoms with Crippen molar-refractivity contribution in [3.63, 3.8) is 0 Å². The highest BCUT2D eigenvalue weighted by molar-refractivity contribution is 5.96. The van der Waals surface area contributed by atoms with Gasteiger partial charge >= 0.3 is 0 Å². The van der Waals surface area contributed by atoms with Gasteiger partial charge in [-0.25, -0.2) is 4.98 Å². The quantitative estimate of drug-likeness (QED) is 0.665. The lowest BCUT2D eigenvalue weighted by molar-refractivity contribution is 0.0941. The number of amides is 2. The zero-order valence-corrected chi connectivity index (χ0v) is 15.5. The molecule has 0 atom stereocenters. The maximum Gasteiger partial charge on any atom is 0.270 e. The zero-order valence-electron chi connectivity index (χ0n) is 15.5. The fourth-order valence-electron chi connectivity index (χ4n) is 2.57. The monoisotopic (exact) mass is 375 g/mol. The number of rotatable bonds is 7. The van der Waals surface area contributed by atoms with E-state index in [9.17, 15) is 9.59 Å². The van der Waals surface area contributed by atoms with Gasteiger partial charge in [0.25, 0.3) is 11.8 Å². The minimum Gasteiger partial charge on any atom is -0.497 e. The summed E-state index contributed by atoms with van der Waals surface area (Å²) in [6, 6.07) is 21.8. The van der Waals surface area contributed by atoms with E-state index in [0.717, 1.165) is 16.9 Å². The van der Waals surface area contributed by atoms with Gasteiger partial charge in [-0.3, -0.25) is 9.59 Å². The molecule has 0 spiro atoms. The fraction of sp³-hybridized carbons (Fsp3) is 0.136. The van der Waals surface area contributed by atoms with E-state index in [4.69, 9.17) is 4.74 Å². The third-order valence-electron chi connectivity index (χ3n) is 4.12. The molecular formula is C22H21N3O3. The first-order valence-electron chi connectivity index (χ1n) is 8.86. The Morgan fingerprint density at radius 2 is 1.29 bits per heavy atom. The van der Waals surface area contributed by atoms with Crippen LogP contribution in [0.2, 0.25) is 0 Å². The summed E-state index contributed by atoms with van der Waals surface area (Å²) in [5.41, 5.74) is 2.32. The fourth-order valence-corrected chi connectivity index (χ4v) is 2.57. The zero-order chi connectivity index (χ0) is 19.8. The molecule has 3 rings (SSSR count). The van der Waals surface area contributed by atoms with Crippen molar-refractivity contribution in [3.05, 3.63) is 95.3 Å². The minimum absolute atomic E-state index is 0.195. The van der Waals surface area contributed by atoms with Crippen LogP contribution in [0.15, 0.2) is 72.8 Å². The molecule has 2 aromatic carbocycles. The first-order valence-corrected chi connectivity index (χ1v) is 8.86. The lowest BCUT2D eigenvalue weighted by Crippen LogP contribution is -2.27.